The van der Waals surface area contributed by atoms with Crippen LogP contribution >= 0.6 is 0 Å². The fourth-order valence-electron chi connectivity index (χ4n) is 2.87. The number of hydrogen-bond donors (Lipinski definition) is 1. The van der Waals surface area contributed by atoms with Crippen LogP contribution in [0.5, 0.6) is 11.5 Å². The van der Waals surface area contributed by atoms with Crippen LogP contribution in [0.2, 0.25) is 0 Å². The van der Waals surface area contributed by atoms with Crippen molar-refractivity contribution in [2.24, 2.45) is 0 Å². The summed E-state index contributed by atoms with van der Waals surface area (Å²) in [5.74, 6) is 1.13. The number of carbonyl (C=O) groups excluding carboxylic acids is 1. The smallest absolute Gasteiger partial charge is 0.257 e. The molecule has 0 saturated carbocycles. The van der Waals surface area contributed by atoms with Crippen molar-refractivity contribution in [3.63, 3.8) is 0 Å². The van der Waals surface area contributed by atoms with E-state index in [0.717, 1.165) is 19.4 Å². The van der Waals surface area contributed by atoms with Crippen LogP contribution in [-0.2, 0) is 0 Å². The largest absolute Gasteiger partial charge is 0.497 e. The molecule has 116 valence electrons. The molecule has 1 fully saturated rings. The van der Waals surface area contributed by atoms with Crippen molar-refractivity contribution in [1.29, 1.82) is 0 Å². The Bertz CT molecular complexity index is 501. The third-order valence-corrected chi connectivity index (χ3v) is 3.89. The molecule has 2 rings (SSSR count). The van der Waals surface area contributed by atoms with E-state index in [1.807, 2.05) is 4.90 Å². The fourth-order valence-corrected chi connectivity index (χ4v) is 2.87. The summed E-state index contributed by atoms with van der Waals surface area (Å²) in [6.07, 6.45) is 2.13. The Morgan fingerprint density at radius 1 is 1.43 bits per heavy atom. The van der Waals surface area contributed by atoms with Crippen molar-refractivity contribution in [3.8, 4) is 11.5 Å². The van der Waals surface area contributed by atoms with Gasteiger partial charge in [0.2, 0.25) is 0 Å². The number of hydrogen-bond acceptors (Lipinski definition) is 4. The second-order valence-electron chi connectivity index (χ2n) is 5.45. The Morgan fingerprint density at radius 3 is 2.81 bits per heavy atom. The van der Waals surface area contributed by atoms with E-state index in [2.05, 4.69) is 0 Å². The molecule has 2 unspecified atom stereocenters. The number of nitrogens with zero attached hydrogens (tertiary/aromatic N) is 1. The van der Waals surface area contributed by atoms with Gasteiger partial charge in [0.15, 0.2) is 0 Å². The molecule has 0 spiro atoms. The average Bonchev–Trinajstić information content (AvgIpc) is 2.93. The Morgan fingerprint density at radius 2 is 2.19 bits per heavy atom. The van der Waals surface area contributed by atoms with Crippen LogP contribution in [0.25, 0.3) is 0 Å². The minimum Gasteiger partial charge on any atom is -0.497 e. The quantitative estimate of drug-likeness (QED) is 0.903. The molecule has 1 heterocycles. The molecule has 0 aliphatic carbocycles. The summed E-state index contributed by atoms with van der Waals surface area (Å²) in [6.45, 7) is 2.49. The van der Waals surface area contributed by atoms with E-state index < -0.39 is 6.10 Å². The second-order valence-corrected chi connectivity index (χ2v) is 5.45. The van der Waals surface area contributed by atoms with Crippen molar-refractivity contribution in [2.45, 2.75) is 38.3 Å². The first-order valence-electron chi connectivity index (χ1n) is 7.28. The molecule has 21 heavy (non-hydrogen) atoms. The van der Waals surface area contributed by atoms with E-state index in [0.29, 0.717) is 23.5 Å². The second kappa shape index (κ2) is 6.80. The van der Waals surface area contributed by atoms with Gasteiger partial charge in [-0.2, -0.15) is 0 Å². The molecule has 5 heteroatoms. The monoisotopic (exact) mass is 293 g/mol. The molecule has 1 amide bonds. The third kappa shape index (κ3) is 3.47. The molecule has 5 nitrogen and oxygen atoms in total. The molecule has 1 aliphatic rings. The van der Waals surface area contributed by atoms with E-state index in [-0.39, 0.29) is 11.9 Å². The Balaban J connectivity index is 2.22. The number of benzene rings is 1. The molecule has 0 bridgehead atoms. The minimum atomic E-state index is -0.402. The van der Waals surface area contributed by atoms with Gasteiger partial charge >= 0.3 is 0 Å². The number of methoxy groups -OCH3 is 2. The highest BCUT2D eigenvalue weighted by atomic mass is 16.5. The number of aliphatic hydroxyl groups is 1. The summed E-state index contributed by atoms with van der Waals surface area (Å²) in [5, 5.41) is 9.57. The summed E-state index contributed by atoms with van der Waals surface area (Å²) in [6, 6.07) is 5.31. The minimum absolute atomic E-state index is 0.0438. The van der Waals surface area contributed by atoms with Gasteiger partial charge < -0.3 is 19.5 Å². The average molecular weight is 293 g/mol. The van der Waals surface area contributed by atoms with Gasteiger partial charge in [-0.15, -0.1) is 0 Å². The molecule has 0 radical (unpaired) electrons. The van der Waals surface area contributed by atoms with Crippen LogP contribution in [0.15, 0.2) is 18.2 Å². The zero-order valence-electron chi connectivity index (χ0n) is 12.8. The van der Waals surface area contributed by atoms with Crippen molar-refractivity contribution in [2.75, 3.05) is 20.8 Å². The van der Waals surface area contributed by atoms with Gasteiger partial charge in [-0.25, -0.2) is 0 Å². The number of ether oxygens (including phenoxy) is 2. The lowest BCUT2D eigenvalue weighted by molar-refractivity contribution is 0.0679. The maximum absolute atomic E-state index is 12.7. The summed E-state index contributed by atoms with van der Waals surface area (Å²) in [5.41, 5.74) is 0.538. The third-order valence-electron chi connectivity index (χ3n) is 3.89. The Kier molecular flexibility index (Phi) is 5.07. The van der Waals surface area contributed by atoms with E-state index >= 15 is 0 Å². The first-order valence-corrected chi connectivity index (χ1v) is 7.28. The van der Waals surface area contributed by atoms with Gasteiger partial charge in [0.1, 0.15) is 11.5 Å². The van der Waals surface area contributed by atoms with E-state index in [9.17, 15) is 9.90 Å². The van der Waals surface area contributed by atoms with Crippen molar-refractivity contribution in [1.82, 2.24) is 4.90 Å². The van der Waals surface area contributed by atoms with Gasteiger partial charge in [0, 0.05) is 18.7 Å². The predicted octanol–water partition coefficient (Wildman–Crippen LogP) is 2.08. The van der Waals surface area contributed by atoms with Gasteiger partial charge in [0.05, 0.1) is 25.9 Å². The predicted molar refractivity (Wildman–Crippen MR) is 79.9 cm³/mol. The zero-order valence-corrected chi connectivity index (χ0v) is 12.8. The van der Waals surface area contributed by atoms with Crippen LogP contribution < -0.4 is 9.47 Å². The van der Waals surface area contributed by atoms with Crippen LogP contribution in [-0.4, -0.2) is 48.8 Å². The molecule has 1 aromatic rings. The maximum atomic E-state index is 12.7. The highest BCUT2D eigenvalue weighted by Crippen LogP contribution is 2.29. The van der Waals surface area contributed by atoms with Gasteiger partial charge in [-0.1, -0.05) is 0 Å². The first kappa shape index (κ1) is 15.6. The molecule has 1 aromatic carbocycles. The lowest BCUT2D eigenvalue weighted by Crippen LogP contribution is -2.37. The number of aliphatic hydroxyl groups excluding tert-OH is 1. The van der Waals surface area contributed by atoms with Crippen LogP contribution in [0, 0.1) is 0 Å². The fraction of sp³-hybridized carbons (Fsp3) is 0.562. The van der Waals surface area contributed by atoms with Crippen molar-refractivity contribution < 1.29 is 19.4 Å². The summed E-state index contributed by atoms with van der Waals surface area (Å²) < 4.78 is 10.5. The lowest BCUT2D eigenvalue weighted by atomic mass is 10.1. The van der Waals surface area contributed by atoms with E-state index in [1.54, 1.807) is 39.3 Å². The highest BCUT2D eigenvalue weighted by Gasteiger charge is 2.31. The first-order chi connectivity index (χ1) is 10.1. The van der Waals surface area contributed by atoms with Crippen LogP contribution in [0.4, 0.5) is 0 Å². The van der Waals surface area contributed by atoms with Gasteiger partial charge in [0.25, 0.3) is 5.91 Å². The topological polar surface area (TPSA) is 59.0 Å². The van der Waals surface area contributed by atoms with E-state index in [1.165, 1.54) is 0 Å². The number of rotatable bonds is 5. The SMILES string of the molecule is COc1ccc(C(=O)N2CCCC2CC(C)O)c(OC)c1. The summed E-state index contributed by atoms with van der Waals surface area (Å²) >= 11 is 0. The van der Waals surface area contributed by atoms with Gasteiger partial charge in [-0.05, 0) is 38.3 Å². The van der Waals surface area contributed by atoms with Crippen LogP contribution in [0.1, 0.15) is 36.5 Å². The molecule has 1 saturated heterocycles. The standard InChI is InChI=1S/C16H23NO4/c1-11(18)9-12-5-4-8-17(12)16(19)14-7-6-13(20-2)10-15(14)21-3/h6-7,10-12,18H,4-5,8-9H2,1-3H3. The maximum Gasteiger partial charge on any atom is 0.257 e. The number of carbonyl (C=O) groups is 1. The summed E-state index contributed by atoms with van der Waals surface area (Å²) in [7, 11) is 3.12. The molecule has 1 aliphatic heterocycles. The zero-order chi connectivity index (χ0) is 15.4. The number of likely N-dealkylation sites (tertiary alicyclic amines) is 1. The Hall–Kier alpha value is -1.75. The summed E-state index contributed by atoms with van der Waals surface area (Å²) in [4.78, 5) is 14.6. The highest BCUT2D eigenvalue weighted by molar-refractivity contribution is 5.97. The van der Waals surface area contributed by atoms with E-state index in [4.69, 9.17) is 9.47 Å². The Labute approximate surface area is 125 Å². The van der Waals surface area contributed by atoms with Crippen molar-refractivity contribution >= 4 is 5.91 Å². The number of amides is 1. The van der Waals surface area contributed by atoms with Crippen molar-refractivity contribution in [3.05, 3.63) is 23.8 Å². The van der Waals surface area contributed by atoms with Crippen LogP contribution in [0.3, 0.4) is 0 Å². The molecule has 1 N–H and O–H groups in total. The lowest BCUT2D eigenvalue weighted by Gasteiger charge is -2.26. The van der Waals surface area contributed by atoms with Gasteiger partial charge in [-0.3, -0.25) is 4.79 Å². The molecular weight excluding hydrogens is 270 g/mol. The molecule has 2 atom stereocenters. The normalized spacial score (nSPS) is 19.4. The molecule has 0 aromatic heterocycles. The molecular formula is C16H23NO4.